The summed E-state index contributed by atoms with van der Waals surface area (Å²) in [5, 5.41) is 15.8. The zero-order valence-corrected chi connectivity index (χ0v) is 15.6. The number of aliphatic imine (C=N–C) groups is 1. The van der Waals surface area contributed by atoms with Gasteiger partial charge in [0.25, 0.3) is 0 Å². The topological polar surface area (TPSA) is 65.9 Å². The Bertz CT molecular complexity index is 778. The summed E-state index contributed by atoms with van der Waals surface area (Å²) < 4.78 is 18.9. The van der Waals surface area contributed by atoms with Crippen molar-refractivity contribution in [2.75, 3.05) is 13.7 Å². The number of methoxy groups -OCH3 is 1. The summed E-state index contributed by atoms with van der Waals surface area (Å²) in [6, 6.07) is 10.3. The number of aromatic hydroxyl groups is 1. The molecule has 140 valence electrons. The smallest absolute Gasteiger partial charge is 0.192 e. The van der Waals surface area contributed by atoms with E-state index in [-0.39, 0.29) is 11.8 Å². The Morgan fingerprint density at radius 1 is 1.27 bits per heavy atom. The first kappa shape index (κ1) is 19.6. The number of nitrogens with zero attached hydrogens (tertiary/aromatic N) is 1. The third-order valence-electron chi connectivity index (χ3n) is 3.98. The van der Waals surface area contributed by atoms with Crippen LogP contribution in [0.5, 0.6) is 11.5 Å². The van der Waals surface area contributed by atoms with E-state index in [9.17, 15) is 9.50 Å². The van der Waals surface area contributed by atoms with Crippen LogP contribution in [0.4, 0.5) is 4.39 Å². The lowest BCUT2D eigenvalue weighted by atomic mass is 10.0. The van der Waals surface area contributed by atoms with E-state index in [0.29, 0.717) is 24.6 Å². The van der Waals surface area contributed by atoms with Crippen LogP contribution in [-0.4, -0.2) is 24.7 Å². The quantitative estimate of drug-likeness (QED) is 0.544. The molecule has 0 aromatic heterocycles. The van der Waals surface area contributed by atoms with Crippen molar-refractivity contribution in [2.24, 2.45) is 4.99 Å². The molecule has 6 heteroatoms. The maximum Gasteiger partial charge on any atom is 0.192 e. The van der Waals surface area contributed by atoms with Gasteiger partial charge in [0, 0.05) is 12.1 Å². The van der Waals surface area contributed by atoms with E-state index < -0.39 is 5.82 Å². The molecular weight excluding hydrogens is 333 g/mol. The number of hydrogen-bond acceptors (Lipinski definition) is 3. The van der Waals surface area contributed by atoms with Crippen LogP contribution < -0.4 is 15.4 Å². The number of ether oxygens (including phenoxy) is 1. The number of guanidine groups is 1. The van der Waals surface area contributed by atoms with Gasteiger partial charge in [-0.25, -0.2) is 9.38 Å². The summed E-state index contributed by atoms with van der Waals surface area (Å²) in [7, 11) is 1.65. The van der Waals surface area contributed by atoms with Crippen LogP contribution in [-0.2, 0) is 6.54 Å². The van der Waals surface area contributed by atoms with Crippen molar-refractivity contribution in [2.45, 2.75) is 33.4 Å². The Labute approximate surface area is 153 Å². The summed E-state index contributed by atoms with van der Waals surface area (Å²) in [6.07, 6.45) is 0. The molecule has 0 aliphatic heterocycles. The van der Waals surface area contributed by atoms with Crippen molar-refractivity contribution in [1.29, 1.82) is 0 Å². The molecule has 26 heavy (non-hydrogen) atoms. The summed E-state index contributed by atoms with van der Waals surface area (Å²) in [4.78, 5) is 4.50. The molecule has 0 amide bonds. The molecule has 5 nitrogen and oxygen atoms in total. The van der Waals surface area contributed by atoms with Gasteiger partial charge in [0.1, 0.15) is 5.75 Å². The number of hydrogen-bond donors (Lipinski definition) is 3. The van der Waals surface area contributed by atoms with Gasteiger partial charge >= 0.3 is 0 Å². The van der Waals surface area contributed by atoms with E-state index in [1.54, 1.807) is 13.2 Å². The Morgan fingerprint density at radius 2 is 2.04 bits per heavy atom. The molecule has 0 bridgehead atoms. The zero-order valence-electron chi connectivity index (χ0n) is 15.6. The minimum Gasteiger partial charge on any atom is -0.505 e. The second-order valence-corrected chi connectivity index (χ2v) is 6.09. The van der Waals surface area contributed by atoms with Crippen molar-refractivity contribution in [3.63, 3.8) is 0 Å². The Morgan fingerprint density at radius 3 is 2.69 bits per heavy atom. The van der Waals surface area contributed by atoms with Crippen molar-refractivity contribution in [3.8, 4) is 11.5 Å². The van der Waals surface area contributed by atoms with Gasteiger partial charge in [0.2, 0.25) is 0 Å². The van der Waals surface area contributed by atoms with Gasteiger partial charge in [-0.2, -0.15) is 0 Å². The molecule has 0 radical (unpaired) electrons. The number of phenols is 1. The number of nitrogens with one attached hydrogen (secondary N) is 2. The molecule has 0 aliphatic rings. The first-order valence-corrected chi connectivity index (χ1v) is 8.61. The van der Waals surface area contributed by atoms with Crippen LogP contribution in [0.2, 0.25) is 0 Å². The van der Waals surface area contributed by atoms with Crippen LogP contribution >= 0.6 is 0 Å². The molecule has 3 N–H and O–H groups in total. The van der Waals surface area contributed by atoms with Crippen molar-refractivity contribution in [3.05, 3.63) is 58.9 Å². The lowest BCUT2D eigenvalue weighted by Gasteiger charge is -2.20. The summed E-state index contributed by atoms with van der Waals surface area (Å²) in [5.74, 6) is 0.431. The zero-order chi connectivity index (χ0) is 19.1. The lowest BCUT2D eigenvalue weighted by molar-refractivity contribution is 0.405. The van der Waals surface area contributed by atoms with Crippen LogP contribution in [0.3, 0.4) is 0 Å². The molecule has 2 aromatic carbocycles. The van der Waals surface area contributed by atoms with E-state index in [1.807, 2.05) is 32.9 Å². The van der Waals surface area contributed by atoms with Crippen LogP contribution in [0.15, 0.2) is 41.4 Å². The minimum absolute atomic E-state index is 0.0285. The summed E-state index contributed by atoms with van der Waals surface area (Å²) in [6.45, 7) is 7.05. The molecule has 0 saturated heterocycles. The minimum atomic E-state index is -0.645. The van der Waals surface area contributed by atoms with E-state index >= 15 is 0 Å². The fourth-order valence-electron chi connectivity index (χ4n) is 2.61. The fourth-order valence-corrected chi connectivity index (χ4v) is 2.61. The monoisotopic (exact) mass is 359 g/mol. The SMILES string of the molecule is CCNC(=NCc1ccc(O)c(F)c1)NC(C)c1cc(C)ccc1OC. The van der Waals surface area contributed by atoms with Crippen LogP contribution in [0.25, 0.3) is 0 Å². The predicted octanol–water partition coefficient (Wildman–Crippen LogP) is 3.66. The standard InChI is InChI=1S/C20H26FN3O2/c1-5-22-20(23-12-15-7-8-18(25)17(21)11-15)24-14(3)16-10-13(2)6-9-19(16)26-4/h6-11,14,25H,5,12H2,1-4H3,(H2,22,23,24). The molecule has 0 spiro atoms. The highest BCUT2D eigenvalue weighted by molar-refractivity contribution is 5.80. The fraction of sp³-hybridized carbons (Fsp3) is 0.350. The van der Waals surface area contributed by atoms with Gasteiger partial charge in [-0.3, -0.25) is 0 Å². The van der Waals surface area contributed by atoms with Crippen molar-refractivity contribution < 1.29 is 14.2 Å². The van der Waals surface area contributed by atoms with E-state index in [1.165, 1.54) is 12.1 Å². The Balaban J connectivity index is 2.16. The van der Waals surface area contributed by atoms with Crippen LogP contribution in [0.1, 0.15) is 36.6 Å². The number of aryl methyl sites for hydroxylation is 1. The Kier molecular flexibility index (Phi) is 6.83. The Hall–Kier alpha value is -2.76. The molecular formula is C20H26FN3O2. The first-order chi connectivity index (χ1) is 12.4. The van der Waals surface area contributed by atoms with Gasteiger partial charge in [-0.1, -0.05) is 23.8 Å². The van der Waals surface area contributed by atoms with E-state index in [0.717, 1.165) is 16.9 Å². The highest BCUT2D eigenvalue weighted by Gasteiger charge is 2.13. The highest BCUT2D eigenvalue weighted by Crippen LogP contribution is 2.26. The highest BCUT2D eigenvalue weighted by atomic mass is 19.1. The van der Waals surface area contributed by atoms with Gasteiger partial charge in [-0.15, -0.1) is 0 Å². The average molecular weight is 359 g/mol. The number of phenolic OH excluding ortho intramolecular Hbond substituents is 1. The number of halogens is 1. The first-order valence-electron chi connectivity index (χ1n) is 8.61. The molecule has 0 aliphatic carbocycles. The molecule has 1 atom stereocenters. The number of rotatable bonds is 6. The third kappa shape index (κ3) is 5.12. The normalized spacial score (nSPS) is 12.6. The van der Waals surface area contributed by atoms with Crippen molar-refractivity contribution >= 4 is 5.96 Å². The molecule has 0 fully saturated rings. The average Bonchev–Trinajstić information content (AvgIpc) is 2.62. The largest absolute Gasteiger partial charge is 0.505 e. The van der Waals surface area contributed by atoms with Crippen LogP contribution in [0, 0.1) is 12.7 Å². The second kappa shape index (κ2) is 9.08. The molecule has 1 unspecified atom stereocenters. The van der Waals surface area contributed by atoms with Gasteiger partial charge < -0.3 is 20.5 Å². The summed E-state index contributed by atoms with van der Waals surface area (Å²) >= 11 is 0. The third-order valence-corrected chi connectivity index (χ3v) is 3.98. The van der Waals surface area contributed by atoms with Gasteiger partial charge in [-0.05, 0) is 44.5 Å². The molecule has 2 rings (SSSR count). The lowest BCUT2D eigenvalue weighted by Crippen LogP contribution is -2.38. The van der Waals surface area contributed by atoms with Crippen molar-refractivity contribution in [1.82, 2.24) is 10.6 Å². The maximum atomic E-state index is 13.5. The van der Waals surface area contributed by atoms with E-state index in [2.05, 4.69) is 21.7 Å². The number of benzene rings is 2. The van der Waals surface area contributed by atoms with Gasteiger partial charge in [0.05, 0.1) is 19.7 Å². The van der Waals surface area contributed by atoms with E-state index in [4.69, 9.17) is 4.74 Å². The van der Waals surface area contributed by atoms with Gasteiger partial charge in [0.15, 0.2) is 17.5 Å². The molecule has 2 aromatic rings. The summed E-state index contributed by atoms with van der Waals surface area (Å²) in [5.41, 5.74) is 2.86. The maximum absolute atomic E-state index is 13.5. The second-order valence-electron chi connectivity index (χ2n) is 6.09. The molecule has 0 saturated carbocycles. The predicted molar refractivity (Wildman–Crippen MR) is 102 cm³/mol. The molecule has 0 heterocycles.